The van der Waals surface area contributed by atoms with Crippen LogP contribution in [-0.4, -0.2) is 41.1 Å². The summed E-state index contributed by atoms with van der Waals surface area (Å²) in [5.41, 5.74) is 5.87. The van der Waals surface area contributed by atoms with Gasteiger partial charge in [-0.2, -0.15) is 0 Å². The quantitative estimate of drug-likeness (QED) is 0.712. The fourth-order valence-electron chi connectivity index (χ4n) is 1.86. The van der Waals surface area contributed by atoms with Crippen LogP contribution in [0, 0.1) is 5.92 Å². The molecular formula is C11H22N2O2. The fraction of sp³-hybridized carbons (Fsp3) is 0.909. The monoisotopic (exact) mass is 214 g/mol. The van der Waals surface area contributed by atoms with Crippen LogP contribution in [0.4, 0.5) is 0 Å². The number of carbonyl (C=O) groups excluding carboxylic acids is 1. The van der Waals surface area contributed by atoms with E-state index in [0.717, 1.165) is 25.8 Å². The summed E-state index contributed by atoms with van der Waals surface area (Å²) >= 11 is 0. The van der Waals surface area contributed by atoms with E-state index in [9.17, 15) is 9.90 Å². The van der Waals surface area contributed by atoms with Crippen LogP contribution in [0.2, 0.25) is 0 Å². The van der Waals surface area contributed by atoms with E-state index in [-0.39, 0.29) is 17.9 Å². The van der Waals surface area contributed by atoms with Crippen LogP contribution in [0.15, 0.2) is 0 Å². The van der Waals surface area contributed by atoms with E-state index in [0.29, 0.717) is 6.54 Å². The fourth-order valence-corrected chi connectivity index (χ4v) is 1.86. The Balaban J connectivity index is 2.51. The predicted octanol–water partition coefficient (Wildman–Crippen LogP) is 0.343. The second kappa shape index (κ2) is 5.47. The predicted molar refractivity (Wildman–Crippen MR) is 59.3 cm³/mol. The number of nitrogens with zero attached hydrogens (tertiary/aromatic N) is 1. The van der Waals surface area contributed by atoms with Gasteiger partial charge in [0.1, 0.15) is 0 Å². The molecule has 0 radical (unpaired) electrons. The molecule has 0 bridgehead atoms. The van der Waals surface area contributed by atoms with Gasteiger partial charge in [-0.3, -0.25) is 4.79 Å². The number of hydrogen-bond acceptors (Lipinski definition) is 3. The first-order valence-electron chi connectivity index (χ1n) is 5.78. The first kappa shape index (κ1) is 12.5. The Labute approximate surface area is 91.4 Å². The molecule has 1 aliphatic rings. The summed E-state index contributed by atoms with van der Waals surface area (Å²) in [4.78, 5) is 13.6. The zero-order valence-electron chi connectivity index (χ0n) is 9.65. The third kappa shape index (κ3) is 3.18. The average Bonchev–Trinajstić information content (AvgIpc) is 2.26. The van der Waals surface area contributed by atoms with Crippen LogP contribution in [-0.2, 0) is 4.79 Å². The molecular weight excluding hydrogens is 192 g/mol. The molecule has 2 unspecified atom stereocenters. The lowest BCUT2D eigenvalue weighted by Crippen LogP contribution is -2.51. The molecule has 4 heteroatoms. The Morgan fingerprint density at radius 2 is 2.33 bits per heavy atom. The summed E-state index contributed by atoms with van der Waals surface area (Å²) in [5, 5.41) is 9.47. The highest BCUT2D eigenvalue weighted by atomic mass is 16.3. The van der Waals surface area contributed by atoms with Crippen molar-refractivity contribution >= 4 is 5.91 Å². The SMILES string of the molecule is CCC(C)[C@H](N)C(=O)N1CCCC(O)C1. The highest BCUT2D eigenvalue weighted by molar-refractivity contribution is 5.82. The van der Waals surface area contributed by atoms with E-state index < -0.39 is 6.04 Å². The number of amides is 1. The lowest BCUT2D eigenvalue weighted by molar-refractivity contribution is -0.136. The van der Waals surface area contributed by atoms with Crippen molar-refractivity contribution < 1.29 is 9.90 Å². The molecule has 0 aromatic heterocycles. The van der Waals surface area contributed by atoms with Gasteiger partial charge in [-0.25, -0.2) is 0 Å². The van der Waals surface area contributed by atoms with Crippen LogP contribution in [0.5, 0.6) is 0 Å². The van der Waals surface area contributed by atoms with Crippen molar-refractivity contribution in [2.24, 2.45) is 11.7 Å². The molecule has 0 spiro atoms. The number of aliphatic hydroxyl groups excluding tert-OH is 1. The van der Waals surface area contributed by atoms with Crippen molar-refractivity contribution in [3.8, 4) is 0 Å². The molecule has 1 saturated heterocycles. The van der Waals surface area contributed by atoms with E-state index in [1.54, 1.807) is 4.90 Å². The molecule has 0 saturated carbocycles. The minimum absolute atomic E-state index is 0.0110. The number of β-amino-alcohol motifs (C(OH)–C–C–N with tert-alkyl or cyclic N) is 1. The molecule has 0 aromatic rings. The molecule has 1 fully saturated rings. The molecule has 1 heterocycles. The van der Waals surface area contributed by atoms with Crippen LogP contribution in [0.1, 0.15) is 33.1 Å². The minimum atomic E-state index is -0.416. The van der Waals surface area contributed by atoms with E-state index in [2.05, 4.69) is 0 Å². The highest BCUT2D eigenvalue weighted by Crippen LogP contribution is 2.14. The maximum Gasteiger partial charge on any atom is 0.239 e. The summed E-state index contributed by atoms with van der Waals surface area (Å²) in [6.07, 6.45) is 2.21. The molecule has 1 aliphatic heterocycles. The molecule has 4 nitrogen and oxygen atoms in total. The van der Waals surface area contributed by atoms with E-state index in [1.165, 1.54) is 0 Å². The molecule has 0 aliphatic carbocycles. The smallest absolute Gasteiger partial charge is 0.239 e. The van der Waals surface area contributed by atoms with Crippen molar-refractivity contribution in [3.05, 3.63) is 0 Å². The number of piperidine rings is 1. The maximum absolute atomic E-state index is 11.9. The molecule has 3 N–H and O–H groups in total. The van der Waals surface area contributed by atoms with Gasteiger partial charge >= 0.3 is 0 Å². The van der Waals surface area contributed by atoms with Crippen molar-refractivity contribution in [1.29, 1.82) is 0 Å². The van der Waals surface area contributed by atoms with Gasteiger partial charge in [0.25, 0.3) is 0 Å². The zero-order valence-corrected chi connectivity index (χ0v) is 9.65. The maximum atomic E-state index is 11.9. The number of hydrogen-bond donors (Lipinski definition) is 2. The molecule has 88 valence electrons. The summed E-state index contributed by atoms with van der Waals surface area (Å²) in [6, 6.07) is -0.416. The largest absolute Gasteiger partial charge is 0.391 e. The Morgan fingerprint density at radius 3 is 2.87 bits per heavy atom. The Kier molecular flexibility index (Phi) is 4.54. The number of nitrogens with two attached hydrogens (primary N) is 1. The van der Waals surface area contributed by atoms with Gasteiger partial charge < -0.3 is 15.7 Å². The number of aliphatic hydroxyl groups is 1. The second-order valence-electron chi connectivity index (χ2n) is 4.49. The summed E-state index contributed by atoms with van der Waals surface area (Å²) < 4.78 is 0. The summed E-state index contributed by atoms with van der Waals surface area (Å²) in [7, 11) is 0. The Hall–Kier alpha value is -0.610. The number of likely N-dealkylation sites (tertiary alicyclic amines) is 1. The van der Waals surface area contributed by atoms with Crippen LogP contribution in [0.25, 0.3) is 0 Å². The van der Waals surface area contributed by atoms with Crippen molar-refractivity contribution in [3.63, 3.8) is 0 Å². The number of carbonyl (C=O) groups is 1. The lowest BCUT2D eigenvalue weighted by Gasteiger charge is -2.33. The van der Waals surface area contributed by atoms with Gasteiger partial charge in [0.2, 0.25) is 5.91 Å². The first-order valence-corrected chi connectivity index (χ1v) is 5.78. The third-order valence-electron chi connectivity index (χ3n) is 3.25. The molecule has 1 rings (SSSR count). The molecule has 1 amide bonds. The number of rotatable bonds is 3. The van der Waals surface area contributed by atoms with Gasteiger partial charge in [0, 0.05) is 13.1 Å². The van der Waals surface area contributed by atoms with E-state index in [4.69, 9.17) is 5.73 Å². The molecule has 15 heavy (non-hydrogen) atoms. The first-order chi connectivity index (χ1) is 7.06. The standard InChI is InChI=1S/C11H22N2O2/c1-3-8(2)10(12)11(15)13-6-4-5-9(14)7-13/h8-10,14H,3-7,12H2,1-2H3/t8?,9?,10-/m0/s1. The second-order valence-corrected chi connectivity index (χ2v) is 4.49. The Bertz CT molecular complexity index is 221. The van der Waals surface area contributed by atoms with Gasteiger partial charge in [0.15, 0.2) is 0 Å². The van der Waals surface area contributed by atoms with Crippen molar-refractivity contribution in [1.82, 2.24) is 4.90 Å². The summed E-state index contributed by atoms with van der Waals surface area (Å²) in [5.74, 6) is 0.194. The van der Waals surface area contributed by atoms with Crippen LogP contribution in [0.3, 0.4) is 0 Å². The zero-order chi connectivity index (χ0) is 11.4. The lowest BCUT2D eigenvalue weighted by atomic mass is 9.97. The van der Waals surface area contributed by atoms with E-state index in [1.807, 2.05) is 13.8 Å². The highest BCUT2D eigenvalue weighted by Gasteiger charge is 2.28. The van der Waals surface area contributed by atoms with Crippen LogP contribution < -0.4 is 5.73 Å². The molecule has 0 aromatic carbocycles. The van der Waals surface area contributed by atoms with Gasteiger partial charge in [0.05, 0.1) is 12.1 Å². The topological polar surface area (TPSA) is 66.6 Å². The van der Waals surface area contributed by atoms with Crippen molar-refractivity contribution in [2.75, 3.05) is 13.1 Å². The Morgan fingerprint density at radius 1 is 1.67 bits per heavy atom. The van der Waals surface area contributed by atoms with E-state index >= 15 is 0 Å². The van der Waals surface area contributed by atoms with Crippen LogP contribution >= 0.6 is 0 Å². The average molecular weight is 214 g/mol. The van der Waals surface area contributed by atoms with Gasteiger partial charge in [-0.1, -0.05) is 20.3 Å². The summed E-state index contributed by atoms with van der Waals surface area (Å²) in [6.45, 7) is 5.20. The minimum Gasteiger partial charge on any atom is -0.391 e. The van der Waals surface area contributed by atoms with Crippen molar-refractivity contribution in [2.45, 2.75) is 45.3 Å². The normalized spacial score (nSPS) is 26.1. The van der Waals surface area contributed by atoms with Gasteiger partial charge in [-0.05, 0) is 18.8 Å². The third-order valence-corrected chi connectivity index (χ3v) is 3.25. The van der Waals surface area contributed by atoms with Gasteiger partial charge in [-0.15, -0.1) is 0 Å². The molecule has 3 atom stereocenters.